The van der Waals surface area contributed by atoms with Crippen LogP contribution in [0, 0.1) is 0 Å². The molecule has 30 heavy (non-hydrogen) atoms. The van der Waals surface area contributed by atoms with E-state index in [2.05, 4.69) is 0 Å². The Morgan fingerprint density at radius 2 is 1.43 bits per heavy atom. The van der Waals surface area contributed by atoms with Crippen LogP contribution < -0.4 is 4.74 Å². The molecule has 0 atom stereocenters. The van der Waals surface area contributed by atoms with Gasteiger partial charge in [0.05, 0.1) is 12.7 Å². The van der Waals surface area contributed by atoms with Gasteiger partial charge < -0.3 is 13.9 Å². The maximum absolute atomic E-state index is 12.2. The summed E-state index contributed by atoms with van der Waals surface area (Å²) in [6.07, 6.45) is 1.26. The smallest absolute Gasteiger partial charge is 0.379 e. The van der Waals surface area contributed by atoms with Crippen molar-refractivity contribution in [3.63, 3.8) is 0 Å². The fraction of sp³-hybridized carbons (Fsp3) is 0.130. The maximum Gasteiger partial charge on any atom is 0.379 e. The minimum Gasteiger partial charge on any atom is -0.457 e. The van der Waals surface area contributed by atoms with Gasteiger partial charge in [0.2, 0.25) is 5.76 Å². The van der Waals surface area contributed by atoms with Crippen molar-refractivity contribution in [3.05, 3.63) is 89.9 Å². The van der Waals surface area contributed by atoms with Gasteiger partial charge in [0.15, 0.2) is 18.2 Å². The van der Waals surface area contributed by atoms with Crippen LogP contribution in [0.3, 0.4) is 0 Å². The molecule has 0 radical (unpaired) electrons. The van der Waals surface area contributed by atoms with Gasteiger partial charge in [0.25, 0.3) is 0 Å². The predicted octanol–water partition coefficient (Wildman–Crippen LogP) is 3.89. The molecule has 0 fully saturated rings. The van der Waals surface area contributed by atoms with Crippen LogP contribution in [0.2, 0.25) is 0 Å². The topological polar surface area (TPSA) is 99.9 Å². The van der Waals surface area contributed by atoms with Crippen molar-refractivity contribution >= 4 is 23.5 Å². The molecule has 0 amide bonds. The number of esters is 2. The van der Waals surface area contributed by atoms with Crippen molar-refractivity contribution in [2.75, 3.05) is 6.61 Å². The lowest BCUT2D eigenvalue weighted by Crippen LogP contribution is -2.15. The molecule has 0 saturated heterocycles. The predicted molar refractivity (Wildman–Crippen MR) is 105 cm³/mol. The SMILES string of the molecule is O=C(CCC(=O)c1ccccc1)OCC(=O)c1ccc(OC(=O)c2ccco2)cc1. The Morgan fingerprint density at radius 1 is 0.733 bits per heavy atom. The lowest BCUT2D eigenvalue weighted by atomic mass is 10.1. The third kappa shape index (κ3) is 5.75. The number of ether oxygens (including phenoxy) is 2. The first-order chi connectivity index (χ1) is 14.5. The molecule has 7 nitrogen and oxygen atoms in total. The molecule has 0 unspecified atom stereocenters. The molecule has 0 bridgehead atoms. The van der Waals surface area contributed by atoms with E-state index < -0.39 is 24.3 Å². The van der Waals surface area contributed by atoms with Crippen LogP contribution in [0.25, 0.3) is 0 Å². The van der Waals surface area contributed by atoms with E-state index in [9.17, 15) is 19.2 Å². The van der Waals surface area contributed by atoms with E-state index >= 15 is 0 Å². The minimum atomic E-state index is -0.655. The van der Waals surface area contributed by atoms with Crippen LogP contribution >= 0.6 is 0 Å². The van der Waals surface area contributed by atoms with Gasteiger partial charge in [-0.2, -0.15) is 0 Å². The van der Waals surface area contributed by atoms with E-state index in [0.717, 1.165) is 0 Å². The summed E-state index contributed by atoms with van der Waals surface area (Å²) < 4.78 is 15.0. The van der Waals surface area contributed by atoms with Gasteiger partial charge in [-0.25, -0.2) is 4.79 Å². The highest BCUT2D eigenvalue weighted by atomic mass is 16.5. The molecule has 0 aliphatic rings. The highest BCUT2D eigenvalue weighted by Gasteiger charge is 2.14. The first kappa shape index (κ1) is 20.7. The zero-order valence-electron chi connectivity index (χ0n) is 15.9. The molecule has 0 N–H and O–H groups in total. The second kappa shape index (κ2) is 9.97. The van der Waals surface area contributed by atoms with Crippen molar-refractivity contribution in [2.24, 2.45) is 0 Å². The van der Waals surface area contributed by atoms with E-state index in [1.807, 2.05) is 0 Å². The number of rotatable bonds is 9. The summed E-state index contributed by atoms with van der Waals surface area (Å²) in [4.78, 5) is 47.8. The molecule has 3 rings (SSSR count). The average molecular weight is 406 g/mol. The molecule has 7 heteroatoms. The van der Waals surface area contributed by atoms with E-state index in [1.54, 1.807) is 36.4 Å². The normalized spacial score (nSPS) is 10.3. The molecule has 0 aliphatic heterocycles. The van der Waals surface area contributed by atoms with Crippen molar-refractivity contribution in [1.82, 2.24) is 0 Å². The van der Waals surface area contributed by atoms with Gasteiger partial charge in [-0.15, -0.1) is 0 Å². The van der Waals surface area contributed by atoms with E-state index in [4.69, 9.17) is 13.9 Å². The van der Waals surface area contributed by atoms with Crippen molar-refractivity contribution < 1.29 is 33.1 Å². The molecule has 0 aliphatic carbocycles. The van der Waals surface area contributed by atoms with Crippen LogP contribution in [0.15, 0.2) is 77.4 Å². The average Bonchev–Trinajstić information content (AvgIpc) is 3.32. The highest BCUT2D eigenvalue weighted by Crippen LogP contribution is 2.15. The molecule has 0 saturated carbocycles. The lowest BCUT2D eigenvalue weighted by molar-refractivity contribution is -0.142. The summed E-state index contributed by atoms with van der Waals surface area (Å²) in [5.41, 5.74) is 0.815. The Morgan fingerprint density at radius 3 is 2.10 bits per heavy atom. The van der Waals surface area contributed by atoms with Crippen LogP contribution in [-0.2, 0) is 9.53 Å². The Balaban J connectivity index is 1.43. The standard InChI is InChI=1S/C23H18O7/c24-19(16-5-2-1-3-6-16)12-13-22(26)29-15-20(25)17-8-10-18(11-9-17)30-23(27)21-7-4-14-28-21/h1-11,14H,12-13,15H2. The third-order valence-electron chi connectivity index (χ3n) is 4.13. The second-order valence-corrected chi connectivity index (χ2v) is 6.26. The second-order valence-electron chi connectivity index (χ2n) is 6.26. The van der Waals surface area contributed by atoms with Gasteiger partial charge in [-0.05, 0) is 36.4 Å². The molecule has 2 aromatic carbocycles. The fourth-order valence-corrected chi connectivity index (χ4v) is 2.55. The first-order valence-corrected chi connectivity index (χ1v) is 9.16. The van der Waals surface area contributed by atoms with Gasteiger partial charge in [-0.3, -0.25) is 14.4 Å². The Kier molecular flexibility index (Phi) is 6.89. The summed E-state index contributed by atoms with van der Waals surface area (Å²) in [5.74, 6) is -1.56. The molecule has 3 aromatic rings. The van der Waals surface area contributed by atoms with Crippen molar-refractivity contribution in [1.29, 1.82) is 0 Å². The zero-order valence-corrected chi connectivity index (χ0v) is 15.9. The first-order valence-electron chi connectivity index (χ1n) is 9.16. The third-order valence-corrected chi connectivity index (χ3v) is 4.13. The molecule has 1 aromatic heterocycles. The summed E-state index contributed by atoms with van der Waals surface area (Å²) in [5, 5.41) is 0. The highest BCUT2D eigenvalue weighted by molar-refractivity contribution is 5.99. The maximum atomic E-state index is 12.2. The Bertz CT molecular complexity index is 1020. The van der Waals surface area contributed by atoms with Crippen molar-refractivity contribution in [2.45, 2.75) is 12.8 Å². The van der Waals surface area contributed by atoms with Gasteiger partial charge >= 0.3 is 11.9 Å². The number of furan rings is 1. The van der Waals surface area contributed by atoms with E-state index in [1.165, 1.54) is 36.6 Å². The Labute approximate surface area is 172 Å². The molecule has 0 spiro atoms. The lowest BCUT2D eigenvalue weighted by Gasteiger charge is -2.06. The summed E-state index contributed by atoms with van der Waals surface area (Å²) >= 11 is 0. The van der Waals surface area contributed by atoms with E-state index in [-0.39, 0.29) is 30.1 Å². The van der Waals surface area contributed by atoms with Gasteiger partial charge in [0.1, 0.15) is 5.75 Å². The summed E-state index contributed by atoms with van der Waals surface area (Å²) in [6.45, 7) is -0.441. The number of carbonyl (C=O) groups excluding carboxylic acids is 4. The van der Waals surface area contributed by atoms with E-state index in [0.29, 0.717) is 11.1 Å². The number of hydrogen-bond donors (Lipinski definition) is 0. The molecular weight excluding hydrogens is 388 g/mol. The van der Waals surface area contributed by atoms with Crippen LogP contribution in [0.1, 0.15) is 44.1 Å². The monoisotopic (exact) mass is 406 g/mol. The fourth-order valence-electron chi connectivity index (χ4n) is 2.55. The van der Waals surface area contributed by atoms with Crippen LogP contribution in [0.5, 0.6) is 5.75 Å². The number of ketones is 2. The Hall–Kier alpha value is -4.00. The molecule has 152 valence electrons. The summed E-state index contributed by atoms with van der Waals surface area (Å²) in [7, 11) is 0. The largest absolute Gasteiger partial charge is 0.457 e. The zero-order chi connectivity index (χ0) is 21.3. The van der Waals surface area contributed by atoms with Crippen molar-refractivity contribution in [3.8, 4) is 5.75 Å². The van der Waals surface area contributed by atoms with Gasteiger partial charge in [0, 0.05) is 17.5 Å². The summed E-state index contributed by atoms with van der Waals surface area (Å²) in [6, 6.07) is 17.5. The quantitative estimate of drug-likeness (QED) is 0.302. The van der Waals surface area contributed by atoms with Crippen LogP contribution in [-0.4, -0.2) is 30.1 Å². The number of carbonyl (C=O) groups is 4. The van der Waals surface area contributed by atoms with Gasteiger partial charge in [-0.1, -0.05) is 30.3 Å². The number of Topliss-reactive ketones (excluding diaryl/α,β-unsaturated/α-hetero) is 2. The number of hydrogen-bond acceptors (Lipinski definition) is 7. The van der Waals surface area contributed by atoms with Crippen LogP contribution in [0.4, 0.5) is 0 Å². The molecule has 1 heterocycles. The number of benzene rings is 2. The minimum absolute atomic E-state index is 0.00672. The molecular formula is C23H18O7.